The highest BCUT2D eigenvalue weighted by atomic mass is 16.1. The lowest BCUT2D eigenvalue weighted by Crippen LogP contribution is -2.35. The van der Waals surface area contributed by atoms with Gasteiger partial charge in [0.05, 0.1) is 5.56 Å². The SMILES string of the molecule is CC(C)CCNC(=O)c1cnc(N2CCCC(C)C2)nc1. The Labute approximate surface area is 127 Å². The number of carbonyl (C=O) groups is 1. The lowest BCUT2D eigenvalue weighted by Gasteiger charge is -2.30. The van der Waals surface area contributed by atoms with Crippen LogP contribution in [0.3, 0.4) is 0 Å². The molecule has 0 saturated carbocycles. The molecule has 5 nitrogen and oxygen atoms in total. The van der Waals surface area contributed by atoms with Crippen LogP contribution in [0.25, 0.3) is 0 Å². The number of nitrogens with zero attached hydrogens (tertiary/aromatic N) is 3. The van der Waals surface area contributed by atoms with Gasteiger partial charge < -0.3 is 10.2 Å². The number of amides is 1. The predicted molar refractivity (Wildman–Crippen MR) is 84.4 cm³/mol. The van der Waals surface area contributed by atoms with Crippen molar-refractivity contribution in [1.29, 1.82) is 0 Å². The van der Waals surface area contributed by atoms with Gasteiger partial charge in [-0.2, -0.15) is 0 Å². The molecule has 5 heteroatoms. The first-order chi connectivity index (χ1) is 10.1. The summed E-state index contributed by atoms with van der Waals surface area (Å²) in [6, 6.07) is 0. The van der Waals surface area contributed by atoms with Gasteiger partial charge in [-0.3, -0.25) is 4.79 Å². The molecule has 0 spiro atoms. The van der Waals surface area contributed by atoms with Crippen molar-refractivity contribution < 1.29 is 4.79 Å². The minimum absolute atomic E-state index is 0.0887. The summed E-state index contributed by atoms with van der Waals surface area (Å²) in [5, 5.41) is 2.90. The molecule has 1 saturated heterocycles. The highest BCUT2D eigenvalue weighted by Crippen LogP contribution is 2.19. The summed E-state index contributed by atoms with van der Waals surface area (Å²) in [5.41, 5.74) is 0.535. The predicted octanol–water partition coefficient (Wildman–Crippen LogP) is 2.49. The second-order valence-electron chi connectivity index (χ2n) is 6.40. The summed E-state index contributed by atoms with van der Waals surface area (Å²) in [6.07, 6.45) is 6.70. The number of carbonyl (C=O) groups excluding carboxylic acids is 1. The van der Waals surface area contributed by atoms with Gasteiger partial charge in [0.2, 0.25) is 5.95 Å². The fourth-order valence-corrected chi connectivity index (χ4v) is 2.55. The maximum atomic E-state index is 12.0. The second kappa shape index (κ2) is 7.38. The molecule has 0 aliphatic carbocycles. The summed E-state index contributed by atoms with van der Waals surface area (Å²) in [6.45, 7) is 9.24. The molecule has 1 N–H and O–H groups in total. The molecule has 0 bridgehead atoms. The van der Waals surface area contributed by atoms with Gasteiger partial charge in [0.25, 0.3) is 5.91 Å². The molecule has 1 amide bonds. The first-order valence-corrected chi connectivity index (χ1v) is 7.91. The van der Waals surface area contributed by atoms with Crippen molar-refractivity contribution in [1.82, 2.24) is 15.3 Å². The highest BCUT2D eigenvalue weighted by Gasteiger charge is 2.18. The molecule has 1 atom stereocenters. The van der Waals surface area contributed by atoms with Gasteiger partial charge in [-0.25, -0.2) is 9.97 Å². The van der Waals surface area contributed by atoms with Crippen LogP contribution in [-0.2, 0) is 0 Å². The van der Waals surface area contributed by atoms with E-state index in [1.54, 1.807) is 12.4 Å². The molecule has 21 heavy (non-hydrogen) atoms. The van der Waals surface area contributed by atoms with E-state index < -0.39 is 0 Å². The number of piperidine rings is 1. The van der Waals surface area contributed by atoms with Crippen molar-refractivity contribution in [2.75, 3.05) is 24.5 Å². The van der Waals surface area contributed by atoms with Crippen molar-refractivity contribution in [3.05, 3.63) is 18.0 Å². The van der Waals surface area contributed by atoms with Gasteiger partial charge in [-0.1, -0.05) is 20.8 Å². The molecular weight excluding hydrogens is 264 g/mol. The molecule has 0 radical (unpaired) electrons. The van der Waals surface area contributed by atoms with E-state index in [0.29, 0.717) is 23.9 Å². The molecule has 116 valence electrons. The minimum atomic E-state index is -0.0887. The van der Waals surface area contributed by atoms with Crippen molar-refractivity contribution in [3.8, 4) is 0 Å². The van der Waals surface area contributed by atoms with E-state index in [2.05, 4.69) is 41.0 Å². The van der Waals surface area contributed by atoms with Crippen molar-refractivity contribution >= 4 is 11.9 Å². The van der Waals surface area contributed by atoms with Crippen LogP contribution in [0.4, 0.5) is 5.95 Å². The Kier molecular flexibility index (Phi) is 5.53. The van der Waals surface area contributed by atoms with Crippen LogP contribution < -0.4 is 10.2 Å². The van der Waals surface area contributed by atoms with Crippen LogP contribution in [0.2, 0.25) is 0 Å². The van der Waals surface area contributed by atoms with Gasteiger partial charge in [0, 0.05) is 32.0 Å². The van der Waals surface area contributed by atoms with Crippen LogP contribution in [-0.4, -0.2) is 35.5 Å². The van der Waals surface area contributed by atoms with Crippen molar-refractivity contribution in [2.24, 2.45) is 11.8 Å². The highest BCUT2D eigenvalue weighted by molar-refractivity contribution is 5.93. The van der Waals surface area contributed by atoms with Crippen molar-refractivity contribution in [2.45, 2.75) is 40.0 Å². The quantitative estimate of drug-likeness (QED) is 0.905. The van der Waals surface area contributed by atoms with Gasteiger partial charge in [0.1, 0.15) is 0 Å². The van der Waals surface area contributed by atoms with E-state index in [9.17, 15) is 4.79 Å². The summed E-state index contributed by atoms with van der Waals surface area (Å²) in [7, 11) is 0. The van der Waals surface area contributed by atoms with E-state index in [1.165, 1.54) is 12.8 Å². The van der Waals surface area contributed by atoms with E-state index in [0.717, 1.165) is 25.5 Å². The number of hydrogen-bond acceptors (Lipinski definition) is 4. The van der Waals surface area contributed by atoms with Gasteiger partial charge in [-0.15, -0.1) is 0 Å². The fourth-order valence-electron chi connectivity index (χ4n) is 2.55. The van der Waals surface area contributed by atoms with Crippen LogP contribution >= 0.6 is 0 Å². The van der Waals surface area contributed by atoms with Gasteiger partial charge in [-0.05, 0) is 31.1 Å². The Morgan fingerprint density at radius 2 is 2.14 bits per heavy atom. The van der Waals surface area contributed by atoms with Gasteiger partial charge in [0.15, 0.2) is 0 Å². The lowest BCUT2D eigenvalue weighted by atomic mass is 10.0. The maximum absolute atomic E-state index is 12.0. The number of rotatable bonds is 5. The largest absolute Gasteiger partial charge is 0.352 e. The zero-order chi connectivity index (χ0) is 15.2. The number of hydrogen-bond donors (Lipinski definition) is 1. The first-order valence-electron chi connectivity index (χ1n) is 7.91. The standard InChI is InChI=1S/C16H26N4O/c1-12(2)6-7-17-15(21)14-9-18-16(19-10-14)20-8-4-5-13(3)11-20/h9-10,12-13H,4-8,11H2,1-3H3,(H,17,21). The van der Waals surface area contributed by atoms with E-state index >= 15 is 0 Å². The van der Waals surface area contributed by atoms with Crippen LogP contribution in [0.5, 0.6) is 0 Å². The zero-order valence-corrected chi connectivity index (χ0v) is 13.3. The topological polar surface area (TPSA) is 58.1 Å². The summed E-state index contributed by atoms with van der Waals surface area (Å²) in [4.78, 5) is 22.9. The zero-order valence-electron chi connectivity index (χ0n) is 13.3. The Morgan fingerprint density at radius 1 is 1.43 bits per heavy atom. The minimum Gasteiger partial charge on any atom is -0.352 e. The lowest BCUT2D eigenvalue weighted by molar-refractivity contribution is 0.0951. The summed E-state index contributed by atoms with van der Waals surface area (Å²) < 4.78 is 0. The average molecular weight is 290 g/mol. The molecule has 1 unspecified atom stereocenters. The van der Waals surface area contributed by atoms with Gasteiger partial charge >= 0.3 is 0 Å². The summed E-state index contributed by atoms with van der Waals surface area (Å²) in [5.74, 6) is 1.92. The summed E-state index contributed by atoms with van der Waals surface area (Å²) >= 11 is 0. The van der Waals surface area contributed by atoms with Crippen LogP contribution in [0, 0.1) is 11.8 Å². The normalized spacial score (nSPS) is 18.9. The van der Waals surface area contributed by atoms with E-state index in [1.807, 2.05) is 0 Å². The Balaban J connectivity index is 1.90. The Hall–Kier alpha value is -1.65. The third kappa shape index (κ3) is 4.69. The Morgan fingerprint density at radius 3 is 2.76 bits per heavy atom. The van der Waals surface area contributed by atoms with Crippen molar-refractivity contribution in [3.63, 3.8) is 0 Å². The maximum Gasteiger partial charge on any atom is 0.254 e. The third-order valence-electron chi connectivity index (χ3n) is 3.85. The molecule has 2 heterocycles. The third-order valence-corrected chi connectivity index (χ3v) is 3.85. The van der Waals surface area contributed by atoms with Crippen LogP contribution in [0.15, 0.2) is 12.4 Å². The first kappa shape index (κ1) is 15.7. The molecule has 0 aromatic carbocycles. The monoisotopic (exact) mass is 290 g/mol. The smallest absolute Gasteiger partial charge is 0.254 e. The molecule has 1 aliphatic heterocycles. The van der Waals surface area contributed by atoms with E-state index in [-0.39, 0.29) is 5.91 Å². The molecule has 1 aliphatic rings. The second-order valence-corrected chi connectivity index (χ2v) is 6.40. The number of anilines is 1. The number of aromatic nitrogens is 2. The number of nitrogens with one attached hydrogen (secondary N) is 1. The molecule has 2 rings (SSSR count). The van der Waals surface area contributed by atoms with Crippen LogP contribution in [0.1, 0.15) is 50.4 Å². The Bertz CT molecular complexity index is 458. The van der Waals surface area contributed by atoms with E-state index in [4.69, 9.17) is 0 Å². The molecule has 1 aromatic rings. The average Bonchev–Trinajstić information content (AvgIpc) is 2.47. The molecule has 1 aromatic heterocycles. The molecular formula is C16H26N4O. The molecule has 1 fully saturated rings. The fraction of sp³-hybridized carbons (Fsp3) is 0.688.